The monoisotopic (exact) mass is 448 g/mol. The zero-order valence-corrected chi connectivity index (χ0v) is 19.1. The van der Waals surface area contributed by atoms with Crippen molar-refractivity contribution in [2.45, 2.75) is 31.8 Å². The van der Waals surface area contributed by atoms with Gasteiger partial charge in [-0.05, 0) is 42.7 Å². The number of nitrogens with one attached hydrogen (secondary N) is 2. The van der Waals surface area contributed by atoms with Gasteiger partial charge in [0.1, 0.15) is 11.4 Å². The Bertz CT molecular complexity index is 1170. The number of ether oxygens (including phenoxy) is 2. The average Bonchev–Trinajstić information content (AvgIpc) is 3.62. The molecule has 1 aromatic heterocycles. The van der Waals surface area contributed by atoms with Crippen LogP contribution in [0.15, 0.2) is 48.5 Å². The number of hydrogen-bond acceptors (Lipinski definition) is 6. The first kappa shape index (κ1) is 22.4. The second-order valence-electron chi connectivity index (χ2n) is 8.08. The predicted molar refractivity (Wildman–Crippen MR) is 124 cm³/mol. The molecule has 1 fully saturated rings. The highest BCUT2D eigenvalue weighted by Crippen LogP contribution is 2.39. The van der Waals surface area contributed by atoms with E-state index < -0.39 is 0 Å². The van der Waals surface area contributed by atoms with Gasteiger partial charge in [0.2, 0.25) is 0 Å². The van der Waals surface area contributed by atoms with Gasteiger partial charge in [-0.1, -0.05) is 24.3 Å². The van der Waals surface area contributed by atoms with E-state index in [9.17, 15) is 9.59 Å². The number of rotatable bonds is 9. The number of carbonyl (C=O) groups excluding carboxylic acids is 2. The topological polar surface area (TPSA) is 94.5 Å². The fraction of sp³-hybridized carbons (Fsp3) is 0.320. The number of aromatic nitrogens is 2. The van der Waals surface area contributed by atoms with Gasteiger partial charge >= 0.3 is 5.97 Å². The molecule has 2 aromatic carbocycles. The predicted octanol–water partition coefficient (Wildman–Crippen LogP) is 3.63. The first-order chi connectivity index (χ1) is 16.0. The first-order valence-corrected chi connectivity index (χ1v) is 10.9. The van der Waals surface area contributed by atoms with Crippen molar-refractivity contribution >= 4 is 17.6 Å². The summed E-state index contributed by atoms with van der Waals surface area (Å²) in [6.07, 6.45) is 2.28. The summed E-state index contributed by atoms with van der Waals surface area (Å²) in [5.41, 5.74) is 4.62. The quantitative estimate of drug-likeness (QED) is 0.486. The van der Waals surface area contributed by atoms with Crippen molar-refractivity contribution in [1.82, 2.24) is 15.1 Å². The van der Waals surface area contributed by atoms with Crippen LogP contribution in [-0.2, 0) is 24.9 Å². The lowest BCUT2D eigenvalue weighted by atomic mass is 10.1. The minimum atomic E-state index is -0.371. The summed E-state index contributed by atoms with van der Waals surface area (Å²) < 4.78 is 12.1. The van der Waals surface area contributed by atoms with Gasteiger partial charge in [-0.3, -0.25) is 9.48 Å². The van der Waals surface area contributed by atoms with Crippen LogP contribution in [0, 0.1) is 0 Å². The van der Waals surface area contributed by atoms with E-state index in [1.54, 1.807) is 31.0 Å². The van der Waals surface area contributed by atoms with E-state index in [4.69, 9.17) is 9.47 Å². The van der Waals surface area contributed by atoms with Crippen molar-refractivity contribution < 1.29 is 19.1 Å². The summed E-state index contributed by atoms with van der Waals surface area (Å²) in [4.78, 5) is 24.5. The second kappa shape index (κ2) is 9.77. The Balaban J connectivity index is 1.43. The number of para-hydroxylation sites is 1. The lowest BCUT2D eigenvalue weighted by Gasteiger charge is -2.16. The van der Waals surface area contributed by atoms with E-state index in [1.165, 1.54) is 7.11 Å². The molecule has 0 spiro atoms. The maximum Gasteiger partial charge on any atom is 0.337 e. The van der Waals surface area contributed by atoms with Crippen LogP contribution in [0.2, 0.25) is 0 Å². The van der Waals surface area contributed by atoms with Gasteiger partial charge in [0.25, 0.3) is 5.91 Å². The molecule has 172 valence electrons. The third-order valence-electron chi connectivity index (χ3n) is 5.70. The van der Waals surface area contributed by atoms with Gasteiger partial charge in [0.05, 0.1) is 31.2 Å². The summed E-state index contributed by atoms with van der Waals surface area (Å²) in [5, 5.41) is 10.8. The molecule has 8 nitrogen and oxygen atoms in total. The number of esters is 1. The average molecular weight is 449 g/mol. The minimum Gasteiger partial charge on any atom is -0.494 e. The molecule has 8 heteroatoms. The highest BCUT2D eigenvalue weighted by molar-refractivity contribution is 5.92. The molecule has 1 heterocycles. The number of amides is 1. The number of aryl methyl sites for hydroxylation is 1. The summed E-state index contributed by atoms with van der Waals surface area (Å²) in [5.74, 6) is 0.612. The van der Waals surface area contributed by atoms with Gasteiger partial charge in [0, 0.05) is 31.6 Å². The highest BCUT2D eigenvalue weighted by atomic mass is 16.5. The minimum absolute atomic E-state index is 0.169. The molecule has 4 rings (SSSR count). The standard InChI is InChI=1S/C25H28N4O4/c1-29-22(13-21(28-29)17-10-11-17)24(30)27-15-19-8-5-9-20(23(19)32-2)26-14-16-6-4-7-18(12-16)25(31)33-3/h4-9,12-13,17,26H,10-11,14-15H2,1-3H3,(H,27,30). The van der Waals surface area contributed by atoms with Crippen LogP contribution in [0.1, 0.15) is 56.4 Å². The molecular weight excluding hydrogens is 420 g/mol. The Kier molecular flexibility index (Phi) is 6.63. The van der Waals surface area contributed by atoms with Gasteiger partial charge in [-0.15, -0.1) is 0 Å². The molecule has 0 radical (unpaired) electrons. The number of hydrogen-bond donors (Lipinski definition) is 2. The van der Waals surface area contributed by atoms with Gasteiger partial charge in [-0.2, -0.15) is 5.10 Å². The molecule has 1 aliphatic rings. The van der Waals surface area contributed by atoms with Crippen molar-refractivity contribution in [1.29, 1.82) is 0 Å². The molecule has 1 aliphatic carbocycles. The molecule has 33 heavy (non-hydrogen) atoms. The SMILES string of the molecule is COC(=O)c1cccc(CNc2cccc(CNC(=O)c3cc(C4CC4)nn3C)c2OC)c1. The summed E-state index contributed by atoms with van der Waals surface area (Å²) in [7, 11) is 4.76. The van der Waals surface area contributed by atoms with Crippen LogP contribution in [0.5, 0.6) is 5.75 Å². The van der Waals surface area contributed by atoms with Crippen LogP contribution in [0.4, 0.5) is 5.69 Å². The Morgan fingerprint density at radius 1 is 1.09 bits per heavy atom. The van der Waals surface area contributed by atoms with Crippen molar-refractivity contribution in [3.05, 3.63) is 76.6 Å². The molecule has 0 atom stereocenters. The lowest BCUT2D eigenvalue weighted by molar-refractivity contribution is 0.0600. The number of methoxy groups -OCH3 is 2. The van der Waals surface area contributed by atoms with E-state index in [1.807, 2.05) is 36.4 Å². The lowest BCUT2D eigenvalue weighted by Crippen LogP contribution is -2.25. The number of nitrogens with zero attached hydrogens (tertiary/aromatic N) is 2. The number of carbonyl (C=O) groups is 2. The highest BCUT2D eigenvalue weighted by Gasteiger charge is 2.28. The fourth-order valence-electron chi connectivity index (χ4n) is 3.77. The van der Waals surface area contributed by atoms with E-state index >= 15 is 0 Å². The van der Waals surface area contributed by atoms with Gasteiger partial charge in [0.15, 0.2) is 0 Å². The smallest absolute Gasteiger partial charge is 0.337 e. The normalized spacial score (nSPS) is 12.8. The third kappa shape index (κ3) is 5.16. The van der Waals surface area contributed by atoms with E-state index in [-0.39, 0.29) is 11.9 Å². The molecule has 3 aromatic rings. The number of benzene rings is 2. The largest absolute Gasteiger partial charge is 0.494 e. The molecule has 0 unspecified atom stereocenters. The van der Waals surface area contributed by atoms with Crippen molar-refractivity contribution in [2.75, 3.05) is 19.5 Å². The number of anilines is 1. The van der Waals surface area contributed by atoms with Gasteiger partial charge < -0.3 is 20.1 Å². The third-order valence-corrected chi connectivity index (χ3v) is 5.70. The fourth-order valence-corrected chi connectivity index (χ4v) is 3.77. The van der Waals surface area contributed by atoms with Crippen LogP contribution >= 0.6 is 0 Å². The summed E-state index contributed by atoms with van der Waals surface area (Å²) in [6.45, 7) is 0.815. The van der Waals surface area contributed by atoms with Crippen molar-refractivity contribution in [2.24, 2.45) is 7.05 Å². The molecule has 2 N–H and O–H groups in total. The summed E-state index contributed by atoms with van der Waals surface area (Å²) in [6, 6.07) is 14.9. The molecule has 1 saturated carbocycles. The first-order valence-electron chi connectivity index (χ1n) is 10.9. The van der Waals surface area contributed by atoms with Gasteiger partial charge in [-0.25, -0.2) is 4.79 Å². The van der Waals surface area contributed by atoms with Crippen molar-refractivity contribution in [3.63, 3.8) is 0 Å². The second-order valence-corrected chi connectivity index (χ2v) is 8.08. The van der Waals surface area contributed by atoms with Crippen LogP contribution in [0.25, 0.3) is 0 Å². The molecule has 1 amide bonds. The Morgan fingerprint density at radius 3 is 2.61 bits per heavy atom. The summed E-state index contributed by atoms with van der Waals surface area (Å²) >= 11 is 0. The molecular formula is C25H28N4O4. The van der Waals surface area contributed by atoms with Crippen LogP contribution in [0.3, 0.4) is 0 Å². The molecule has 0 aliphatic heterocycles. The Labute approximate surface area is 192 Å². The van der Waals surface area contributed by atoms with E-state index in [0.717, 1.165) is 35.3 Å². The van der Waals surface area contributed by atoms with Crippen molar-refractivity contribution in [3.8, 4) is 5.75 Å². The van der Waals surface area contributed by atoms with E-state index in [2.05, 4.69) is 15.7 Å². The molecule has 0 bridgehead atoms. The van der Waals surface area contributed by atoms with Crippen LogP contribution in [-0.4, -0.2) is 35.9 Å². The van der Waals surface area contributed by atoms with Crippen LogP contribution < -0.4 is 15.4 Å². The zero-order chi connectivity index (χ0) is 23.4. The Hall–Kier alpha value is -3.81. The zero-order valence-electron chi connectivity index (χ0n) is 19.1. The van der Waals surface area contributed by atoms with E-state index in [0.29, 0.717) is 36.0 Å². The Morgan fingerprint density at radius 2 is 1.88 bits per heavy atom. The molecule has 0 saturated heterocycles. The maximum absolute atomic E-state index is 12.7. The maximum atomic E-state index is 12.7.